The van der Waals surface area contributed by atoms with E-state index in [1.807, 2.05) is 32.0 Å². The van der Waals surface area contributed by atoms with Crippen LogP contribution in [0.25, 0.3) is 0 Å². The van der Waals surface area contributed by atoms with Crippen LogP contribution in [0.5, 0.6) is 0 Å². The molecule has 0 spiro atoms. The van der Waals surface area contributed by atoms with Crippen molar-refractivity contribution >= 4 is 12.1 Å². The van der Waals surface area contributed by atoms with Crippen LogP contribution in [0.2, 0.25) is 0 Å². The molecule has 1 unspecified atom stereocenters. The lowest BCUT2D eigenvalue weighted by Crippen LogP contribution is -2.34. The third-order valence-corrected chi connectivity index (χ3v) is 2.54. The number of nitrogens with one attached hydrogen (secondary N) is 1. The first kappa shape index (κ1) is 14.2. The van der Waals surface area contributed by atoms with E-state index in [1.54, 1.807) is 19.2 Å². The topological polar surface area (TPSA) is 41.5 Å². The van der Waals surface area contributed by atoms with E-state index >= 15 is 0 Å². The van der Waals surface area contributed by atoms with Crippen LogP contribution >= 0.6 is 0 Å². The summed E-state index contributed by atoms with van der Waals surface area (Å²) in [5, 5.41) is 2.94. The fourth-order valence-corrected chi connectivity index (χ4v) is 1.72. The minimum Gasteiger partial charge on any atom is -0.348 e. The molecule has 0 heterocycles. The first-order chi connectivity index (χ1) is 8.67. The summed E-state index contributed by atoms with van der Waals surface area (Å²) in [5.74, 6) is -0.126. The number of rotatable bonds is 5. The Hall–Kier alpha value is -1.90. The number of nitrogens with zero attached hydrogens (tertiary/aromatic N) is 1. The molecule has 0 aliphatic heterocycles. The Balaban J connectivity index is 2.55. The van der Waals surface area contributed by atoms with Crippen LogP contribution in [0.15, 0.2) is 47.1 Å². The monoisotopic (exact) mass is 244 g/mol. The second-order valence-corrected chi connectivity index (χ2v) is 4.13. The second-order valence-electron chi connectivity index (χ2n) is 4.13. The average Bonchev–Trinajstić information content (AvgIpc) is 2.36. The molecule has 3 heteroatoms. The average molecular weight is 244 g/mol. The number of hydrogen-bond acceptors (Lipinski definition) is 2. The molecule has 18 heavy (non-hydrogen) atoms. The van der Waals surface area contributed by atoms with Gasteiger partial charge >= 0.3 is 0 Å². The molecule has 1 atom stereocenters. The lowest BCUT2D eigenvalue weighted by atomic mass is 10.1. The van der Waals surface area contributed by atoms with Crippen molar-refractivity contribution < 1.29 is 4.79 Å². The van der Waals surface area contributed by atoms with Crippen LogP contribution in [0, 0.1) is 0 Å². The van der Waals surface area contributed by atoms with E-state index in [9.17, 15) is 4.79 Å². The minimum atomic E-state index is -0.126. The van der Waals surface area contributed by atoms with E-state index in [2.05, 4.69) is 22.4 Å². The van der Waals surface area contributed by atoms with E-state index < -0.39 is 0 Å². The fourth-order valence-electron chi connectivity index (χ4n) is 1.72. The third-order valence-electron chi connectivity index (χ3n) is 2.54. The highest BCUT2D eigenvalue weighted by molar-refractivity contribution is 5.94. The number of allylic oxidation sites excluding steroid dienone is 1. The predicted octanol–water partition coefficient (Wildman–Crippen LogP) is 2.73. The lowest BCUT2D eigenvalue weighted by molar-refractivity contribution is -0.118. The Bertz CT molecular complexity index is 435. The van der Waals surface area contributed by atoms with E-state index in [4.69, 9.17) is 0 Å². The molecule has 0 aliphatic rings. The molecule has 0 fully saturated rings. The van der Waals surface area contributed by atoms with Crippen LogP contribution in [-0.4, -0.2) is 18.2 Å². The van der Waals surface area contributed by atoms with Gasteiger partial charge in [-0.15, -0.1) is 0 Å². The van der Waals surface area contributed by atoms with Gasteiger partial charge in [0.25, 0.3) is 5.91 Å². The van der Waals surface area contributed by atoms with Crippen molar-refractivity contribution in [1.29, 1.82) is 0 Å². The summed E-state index contributed by atoms with van der Waals surface area (Å²) in [6.07, 6.45) is 4.15. The number of carbonyl (C=O) groups excluding carboxylic acids is 1. The Morgan fingerprint density at radius 2 is 2.00 bits per heavy atom. The van der Waals surface area contributed by atoms with Crippen molar-refractivity contribution in [1.82, 2.24) is 5.32 Å². The first-order valence-corrected chi connectivity index (χ1v) is 6.17. The van der Waals surface area contributed by atoms with E-state index in [1.165, 1.54) is 5.56 Å². The van der Waals surface area contributed by atoms with Crippen LogP contribution in [-0.2, 0) is 11.2 Å². The highest BCUT2D eigenvalue weighted by Gasteiger charge is 2.10. The van der Waals surface area contributed by atoms with Gasteiger partial charge in [-0.3, -0.25) is 9.79 Å². The van der Waals surface area contributed by atoms with Gasteiger partial charge in [0.1, 0.15) is 5.70 Å². The molecule has 1 amide bonds. The molecule has 0 bridgehead atoms. The summed E-state index contributed by atoms with van der Waals surface area (Å²) in [4.78, 5) is 15.9. The molecule has 0 aromatic heterocycles. The largest absolute Gasteiger partial charge is 0.348 e. The van der Waals surface area contributed by atoms with Gasteiger partial charge in [0.2, 0.25) is 0 Å². The zero-order valence-electron chi connectivity index (χ0n) is 11.2. The van der Waals surface area contributed by atoms with Crippen molar-refractivity contribution in [2.75, 3.05) is 0 Å². The molecule has 0 aliphatic carbocycles. The normalized spacial score (nSPS) is 13.6. The Morgan fingerprint density at radius 1 is 1.33 bits per heavy atom. The van der Waals surface area contributed by atoms with Gasteiger partial charge in [0.05, 0.1) is 0 Å². The van der Waals surface area contributed by atoms with Crippen LogP contribution in [0.4, 0.5) is 0 Å². The van der Waals surface area contributed by atoms with Crippen molar-refractivity contribution in [2.45, 2.75) is 33.2 Å². The molecule has 0 saturated carbocycles. The summed E-state index contributed by atoms with van der Waals surface area (Å²) in [6.45, 7) is 5.60. The van der Waals surface area contributed by atoms with Gasteiger partial charge in [-0.05, 0) is 32.8 Å². The summed E-state index contributed by atoms with van der Waals surface area (Å²) < 4.78 is 0. The molecule has 0 saturated heterocycles. The lowest BCUT2D eigenvalue weighted by Gasteiger charge is -2.14. The zero-order valence-corrected chi connectivity index (χ0v) is 11.2. The van der Waals surface area contributed by atoms with Crippen LogP contribution < -0.4 is 5.32 Å². The molecule has 1 rings (SSSR count). The summed E-state index contributed by atoms with van der Waals surface area (Å²) in [6, 6.07) is 10.2. The summed E-state index contributed by atoms with van der Waals surface area (Å²) in [7, 11) is 0. The summed E-state index contributed by atoms with van der Waals surface area (Å²) in [5.41, 5.74) is 1.67. The maximum Gasteiger partial charge on any atom is 0.269 e. The number of hydrogen-bond donors (Lipinski definition) is 1. The van der Waals surface area contributed by atoms with Crippen LogP contribution in [0.3, 0.4) is 0 Å². The minimum absolute atomic E-state index is 0.0851. The smallest absolute Gasteiger partial charge is 0.269 e. The van der Waals surface area contributed by atoms with E-state index in [0.29, 0.717) is 5.70 Å². The highest BCUT2D eigenvalue weighted by atomic mass is 16.2. The molecular formula is C15H20N2O. The Labute approximate surface area is 109 Å². The van der Waals surface area contributed by atoms with Gasteiger partial charge < -0.3 is 5.32 Å². The molecular weight excluding hydrogens is 224 g/mol. The van der Waals surface area contributed by atoms with Crippen LogP contribution in [0.1, 0.15) is 26.3 Å². The Morgan fingerprint density at radius 3 is 2.56 bits per heavy atom. The van der Waals surface area contributed by atoms with E-state index in [-0.39, 0.29) is 11.9 Å². The van der Waals surface area contributed by atoms with Crippen molar-refractivity contribution in [3.63, 3.8) is 0 Å². The number of benzene rings is 1. The molecule has 96 valence electrons. The summed E-state index contributed by atoms with van der Waals surface area (Å²) >= 11 is 0. The maximum atomic E-state index is 11.9. The maximum absolute atomic E-state index is 11.9. The first-order valence-electron chi connectivity index (χ1n) is 6.17. The van der Waals surface area contributed by atoms with Crippen molar-refractivity contribution in [3.05, 3.63) is 47.7 Å². The Kier molecular flexibility index (Phi) is 5.85. The fraction of sp³-hybridized carbons (Fsp3) is 0.333. The number of aliphatic imine (C=N–C) groups is 1. The number of carbonyl (C=O) groups is 1. The van der Waals surface area contributed by atoms with E-state index in [0.717, 1.165) is 6.42 Å². The van der Waals surface area contributed by atoms with Gasteiger partial charge in [-0.1, -0.05) is 36.4 Å². The SMILES string of the molecule is CC=N/C(=C\C)C(=O)NC(C)Cc1ccccc1. The predicted molar refractivity (Wildman–Crippen MR) is 75.7 cm³/mol. The molecule has 1 N–H and O–H groups in total. The van der Waals surface area contributed by atoms with Gasteiger partial charge in [0.15, 0.2) is 0 Å². The highest BCUT2D eigenvalue weighted by Crippen LogP contribution is 2.04. The third kappa shape index (κ3) is 4.53. The molecule has 1 aromatic rings. The quantitative estimate of drug-likeness (QED) is 0.628. The van der Waals surface area contributed by atoms with Gasteiger partial charge in [0, 0.05) is 12.3 Å². The molecule has 3 nitrogen and oxygen atoms in total. The molecule has 0 radical (unpaired) electrons. The second kappa shape index (κ2) is 7.43. The standard InChI is InChI=1S/C15H20N2O/c1-4-14(16-5-2)15(18)17-12(3)11-13-9-7-6-8-10-13/h4-10,12H,11H2,1-3H3,(H,17,18)/b14-4-,16-5?. The zero-order chi connectivity index (χ0) is 13.4. The number of amides is 1. The molecule has 1 aromatic carbocycles. The van der Waals surface area contributed by atoms with Crippen molar-refractivity contribution in [3.8, 4) is 0 Å². The van der Waals surface area contributed by atoms with Gasteiger partial charge in [-0.2, -0.15) is 0 Å². The van der Waals surface area contributed by atoms with Crippen molar-refractivity contribution in [2.24, 2.45) is 4.99 Å². The van der Waals surface area contributed by atoms with Gasteiger partial charge in [-0.25, -0.2) is 0 Å².